The van der Waals surface area contributed by atoms with Crippen LogP contribution in [0.3, 0.4) is 0 Å². The van der Waals surface area contributed by atoms with Gasteiger partial charge >= 0.3 is 12.4 Å². The molecule has 0 saturated carbocycles. The molecule has 14 heteroatoms. The number of piperidine rings is 2. The largest absolute Gasteiger partial charge is 0.418 e. The van der Waals surface area contributed by atoms with Gasteiger partial charge in [-0.1, -0.05) is 5.16 Å². The number of alkyl halides is 8. The Morgan fingerprint density at radius 2 is 1.23 bits per heavy atom. The predicted octanol–water partition coefficient (Wildman–Crippen LogP) is 6.25. The lowest BCUT2D eigenvalue weighted by Crippen LogP contribution is -2.35. The minimum Gasteiger partial charge on any atom is -0.409 e. The molecular weight excluding hydrogens is 550 g/mol. The average Bonchev–Trinajstić information content (AvgIpc) is 2.92. The van der Waals surface area contributed by atoms with Crippen LogP contribution in [0.2, 0.25) is 0 Å². The molecule has 2 fully saturated rings. The maximum absolute atomic E-state index is 13.2. The Balaban J connectivity index is 0.000000222. The Hall–Kier alpha value is -3.76. The summed E-state index contributed by atoms with van der Waals surface area (Å²) in [5.41, 5.74) is 3.59. The minimum absolute atomic E-state index is 0.0103. The number of benzene rings is 2. The Bertz CT molecular complexity index is 1230. The molecule has 2 saturated heterocycles. The molecule has 218 valence electrons. The molecule has 0 amide bonds. The molecule has 2 heterocycles. The topological polar surface area (TPSA) is 88.9 Å². The van der Waals surface area contributed by atoms with Gasteiger partial charge in [-0.25, -0.2) is 8.78 Å². The first-order valence-electron chi connectivity index (χ1n) is 12.3. The highest BCUT2D eigenvalue weighted by molar-refractivity contribution is 5.97. The van der Waals surface area contributed by atoms with Crippen LogP contribution in [0.15, 0.2) is 41.6 Å². The molecule has 40 heavy (non-hydrogen) atoms. The highest BCUT2D eigenvalue weighted by Gasteiger charge is 2.37. The molecule has 4 rings (SSSR count). The molecule has 2 aliphatic rings. The highest BCUT2D eigenvalue weighted by Crippen LogP contribution is 2.39. The lowest BCUT2D eigenvalue weighted by atomic mass is 10.0. The molecule has 0 radical (unpaired) electrons. The zero-order valence-electron chi connectivity index (χ0n) is 21.1. The smallest absolute Gasteiger partial charge is 0.409 e. The number of amidine groups is 1. The van der Waals surface area contributed by atoms with Crippen LogP contribution in [0.1, 0.15) is 47.9 Å². The van der Waals surface area contributed by atoms with Crippen LogP contribution < -0.4 is 15.5 Å². The second kappa shape index (κ2) is 12.6. The summed E-state index contributed by atoms with van der Waals surface area (Å²) in [5, 5.41) is 19.9. The van der Waals surface area contributed by atoms with Crippen LogP contribution in [-0.2, 0) is 12.4 Å². The van der Waals surface area contributed by atoms with Crippen LogP contribution in [0, 0.1) is 11.3 Å². The molecule has 2 aromatic rings. The Morgan fingerprint density at radius 1 is 0.800 bits per heavy atom. The second-order valence-electron chi connectivity index (χ2n) is 9.38. The molecule has 0 aromatic heterocycles. The fourth-order valence-electron chi connectivity index (χ4n) is 4.54. The molecule has 0 spiro atoms. The van der Waals surface area contributed by atoms with Crippen LogP contribution >= 0.6 is 0 Å². The maximum Gasteiger partial charge on any atom is 0.418 e. The summed E-state index contributed by atoms with van der Waals surface area (Å²) in [6.07, 6.45) is -10.1. The predicted molar refractivity (Wildman–Crippen MR) is 133 cm³/mol. The Morgan fingerprint density at radius 3 is 1.62 bits per heavy atom. The van der Waals surface area contributed by atoms with Crippen molar-refractivity contribution in [3.8, 4) is 6.07 Å². The Kier molecular flexibility index (Phi) is 9.70. The first kappa shape index (κ1) is 30.8. The first-order chi connectivity index (χ1) is 18.7. The molecule has 0 bridgehead atoms. The van der Waals surface area contributed by atoms with Gasteiger partial charge in [0.05, 0.1) is 22.8 Å². The minimum atomic E-state index is -4.58. The van der Waals surface area contributed by atoms with Gasteiger partial charge in [-0.15, -0.1) is 0 Å². The van der Waals surface area contributed by atoms with Gasteiger partial charge < -0.3 is 20.7 Å². The van der Waals surface area contributed by atoms with E-state index < -0.39 is 41.7 Å². The van der Waals surface area contributed by atoms with Crippen molar-refractivity contribution >= 4 is 17.2 Å². The van der Waals surface area contributed by atoms with Crippen LogP contribution in [-0.4, -0.2) is 49.6 Å². The number of halogens is 8. The second-order valence-corrected chi connectivity index (χ2v) is 9.38. The third-order valence-corrected chi connectivity index (χ3v) is 6.67. The molecule has 3 N–H and O–H groups in total. The van der Waals surface area contributed by atoms with E-state index in [4.69, 9.17) is 16.2 Å². The fourth-order valence-corrected chi connectivity index (χ4v) is 4.54. The van der Waals surface area contributed by atoms with E-state index in [2.05, 4.69) is 5.16 Å². The van der Waals surface area contributed by atoms with Gasteiger partial charge in [-0.2, -0.15) is 31.6 Å². The molecule has 2 aromatic carbocycles. The number of nitrogens with two attached hydrogens (primary N) is 1. The Labute approximate surface area is 225 Å². The van der Waals surface area contributed by atoms with Gasteiger partial charge in [0, 0.05) is 43.1 Å². The first-order valence-corrected chi connectivity index (χ1v) is 12.3. The van der Waals surface area contributed by atoms with Gasteiger partial charge in [-0.3, -0.25) is 0 Å². The van der Waals surface area contributed by atoms with Crippen molar-refractivity contribution in [3.05, 3.63) is 58.7 Å². The van der Waals surface area contributed by atoms with Crippen molar-refractivity contribution in [2.75, 3.05) is 36.0 Å². The van der Waals surface area contributed by atoms with Crippen molar-refractivity contribution in [3.63, 3.8) is 0 Å². The summed E-state index contributed by atoms with van der Waals surface area (Å²) in [6.45, 7) is 0.979. The van der Waals surface area contributed by atoms with Crippen molar-refractivity contribution in [1.82, 2.24) is 0 Å². The summed E-state index contributed by atoms with van der Waals surface area (Å²) < 4.78 is 105. The maximum atomic E-state index is 13.2. The number of hydrogen-bond donors (Lipinski definition) is 2. The van der Waals surface area contributed by atoms with Crippen LogP contribution in [0.25, 0.3) is 0 Å². The number of rotatable bonds is 3. The van der Waals surface area contributed by atoms with Crippen molar-refractivity contribution in [2.45, 2.75) is 50.4 Å². The van der Waals surface area contributed by atoms with Gasteiger partial charge in [0.25, 0.3) is 0 Å². The van der Waals surface area contributed by atoms with E-state index in [9.17, 15) is 35.1 Å². The summed E-state index contributed by atoms with van der Waals surface area (Å²) in [5.74, 6) is -0.394. The van der Waals surface area contributed by atoms with E-state index in [1.54, 1.807) is 6.07 Å². The van der Waals surface area contributed by atoms with Crippen molar-refractivity contribution < 1.29 is 40.3 Å². The zero-order valence-corrected chi connectivity index (χ0v) is 21.1. The summed E-state index contributed by atoms with van der Waals surface area (Å²) in [6, 6.07) is 8.65. The van der Waals surface area contributed by atoms with Crippen LogP contribution in [0.5, 0.6) is 0 Å². The quantitative estimate of drug-likeness (QED) is 0.148. The van der Waals surface area contributed by atoms with E-state index >= 15 is 0 Å². The monoisotopic (exact) mass is 577 g/mol. The molecule has 0 atom stereocenters. The standard InChI is InChI=1S/C13H15F4N3O.C13H12F4N2/c14-9-3-5-20(6-4-9)11-2-1-8(12(18)19-21)7-10(11)13(15,16)17;14-10-3-5-19(6-4-10)12-2-1-9(8-18)7-11(12)13(15,16)17/h1-2,7,9,21H,3-6H2,(H2,18,19);1-2,7,10H,3-6H2. The molecule has 0 aliphatic carbocycles. The molecule has 2 aliphatic heterocycles. The van der Waals surface area contributed by atoms with Crippen molar-refractivity contribution in [2.24, 2.45) is 10.9 Å². The van der Waals surface area contributed by atoms with Crippen molar-refractivity contribution in [1.29, 1.82) is 5.26 Å². The van der Waals surface area contributed by atoms with Gasteiger partial charge in [-0.05, 0) is 62.1 Å². The van der Waals surface area contributed by atoms with E-state index in [-0.39, 0.29) is 74.4 Å². The average molecular weight is 578 g/mol. The molecular formula is C26H27F8N5O. The number of nitriles is 1. The third kappa shape index (κ3) is 7.67. The fraction of sp³-hybridized carbons (Fsp3) is 0.462. The van der Waals surface area contributed by atoms with Crippen LogP contribution in [0.4, 0.5) is 46.5 Å². The highest BCUT2D eigenvalue weighted by atomic mass is 19.4. The van der Waals surface area contributed by atoms with E-state index in [0.717, 1.165) is 12.1 Å². The van der Waals surface area contributed by atoms with E-state index in [1.807, 2.05) is 0 Å². The molecule has 0 unspecified atom stereocenters. The molecule has 6 nitrogen and oxygen atoms in total. The number of oxime groups is 1. The van der Waals surface area contributed by atoms with Gasteiger partial charge in [0.15, 0.2) is 5.84 Å². The van der Waals surface area contributed by atoms with E-state index in [0.29, 0.717) is 0 Å². The lowest BCUT2D eigenvalue weighted by molar-refractivity contribution is -0.138. The number of anilines is 2. The SMILES string of the molecule is N#Cc1ccc(N2CCC(F)CC2)c(C(F)(F)F)c1.N/C(=N\O)c1ccc(N2CCC(F)CC2)c(C(F)(F)F)c1. The third-order valence-electron chi connectivity index (χ3n) is 6.67. The van der Waals surface area contributed by atoms with Gasteiger partial charge in [0.2, 0.25) is 0 Å². The number of hydrogen-bond acceptors (Lipinski definition) is 5. The normalized spacial score (nSPS) is 17.7. The summed E-state index contributed by atoms with van der Waals surface area (Å²) >= 11 is 0. The van der Waals surface area contributed by atoms with Gasteiger partial charge in [0.1, 0.15) is 12.3 Å². The zero-order chi connectivity index (χ0) is 29.7. The summed E-state index contributed by atoms with van der Waals surface area (Å²) in [7, 11) is 0. The van der Waals surface area contributed by atoms with E-state index in [1.165, 1.54) is 34.1 Å². The lowest BCUT2D eigenvalue weighted by Gasteiger charge is -2.32. The number of nitrogens with zero attached hydrogens (tertiary/aromatic N) is 4. The summed E-state index contributed by atoms with van der Waals surface area (Å²) in [4.78, 5) is 3.04.